The summed E-state index contributed by atoms with van der Waals surface area (Å²) in [6, 6.07) is 3.63. The molecule has 0 aliphatic heterocycles. The fourth-order valence-corrected chi connectivity index (χ4v) is 1.81. The number of rotatable bonds is 1. The maximum Gasteiger partial charge on any atom is 0.413 e. The van der Waals surface area contributed by atoms with Crippen LogP contribution in [0, 0.1) is 0 Å². The third kappa shape index (κ3) is 2.79. The van der Waals surface area contributed by atoms with Crippen molar-refractivity contribution in [2.75, 3.05) is 5.32 Å². The van der Waals surface area contributed by atoms with E-state index in [1.54, 1.807) is 31.4 Å². The Bertz CT molecular complexity index is 588. The zero-order chi connectivity index (χ0) is 13.3. The molecule has 0 unspecified atom stereocenters. The van der Waals surface area contributed by atoms with E-state index in [9.17, 15) is 4.79 Å². The van der Waals surface area contributed by atoms with Crippen LogP contribution in [0.1, 0.15) is 20.8 Å². The zero-order valence-corrected chi connectivity index (χ0v) is 11.9. The normalized spacial score (nSPS) is 11.6. The number of hydrogen-bond donors (Lipinski definition) is 1. The van der Waals surface area contributed by atoms with Gasteiger partial charge in [0.25, 0.3) is 0 Å². The second kappa shape index (κ2) is 4.56. The fraction of sp³-hybridized carbons (Fsp3) is 0.364. The molecule has 96 valence electrons. The van der Waals surface area contributed by atoms with Crippen LogP contribution in [0.25, 0.3) is 5.52 Å². The van der Waals surface area contributed by atoms with Crippen molar-refractivity contribution in [3.8, 4) is 0 Å². The number of nitrogens with one attached hydrogen (secondary N) is 1. The molecule has 18 heavy (non-hydrogen) atoms. The molecule has 0 aliphatic rings. The lowest BCUT2D eigenvalue weighted by Crippen LogP contribution is -2.27. The molecule has 1 amide bonds. The molecule has 0 spiro atoms. The molecule has 0 atom stereocenters. The summed E-state index contributed by atoms with van der Waals surface area (Å²) in [4.78, 5) is 15.7. The molecular formula is C11H13BrN4O2. The van der Waals surface area contributed by atoms with Crippen molar-refractivity contribution >= 4 is 33.4 Å². The highest BCUT2D eigenvalue weighted by Crippen LogP contribution is 2.20. The Labute approximate surface area is 112 Å². The first kappa shape index (κ1) is 12.8. The van der Waals surface area contributed by atoms with Gasteiger partial charge in [-0.1, -0.05) is 0 Å². The first-order chi connectivity index (χ1) is 8.37. The number of anilines is 1. The minimum absolute atomic E-state index is 0.407. The van der Waals surface area contributed by atoms with Crippen molar-refractivity contribution in [1.29, 1.82) is 0 Å². The third-order valence-corrected chi connectivity index (χ3v) is 2.63. The molecule has 0 saturated heterocycles. The second-order valence-electron chi connectivity index (χ2n) is 4.69. The van der Waals surface area contributed by atoms with E-state index in [1.165, 1.54) is 6.33 Å². The van der Waals surface area contributed by atoms with Crippen molar-refractivity contribution in [1.82, 2.24) is 14.6 Å². The van der Waals surface area contributed by atoms with E-state index in [0.29, 0.717) is 11.3 Å². The molecule has 2 rings (SSSR count). The summed E-state index contributed by atoms with van der Waals surface area (Å²) in [6.07, 6.45) is 0.824. The highest BCUT2D eigenvalue weighted by Gasteiger charge is 2.17. The lowest BCUT2D eigenvalue weighted by Gasteiger charge is -2.19. The smallest absolute Gasteiger partial charge is 0.413 e. The Balaban J connectivity index is 2.24. The van der Waals surface area contributed by atoms with Crippen molar-refractivity contribution in [2.45, 2.75) is 26.4 Å². The number of carbonyl (C=O) groups is 1. The van der Waals surface area contributed by atoms with Crippen LogP contribution in [0.2, 0.25) is 0 Å². The van der Waals surface area contributed by atoms with Gasteiger partial charge in [-0.2, -0.15) is 5.10 Å². The van der Waals surface area contributed by atoms with Crippen molar-refractivity contribution < 1.29 is 9.53 Å². The highest BCUT2D eigenvalue weighted by atomic mass is 79.9. The molecule has 7 heteroatoms. The summed E-state index contributed by atoms with van der Waals surface area (Å²) in [5.41, 5.74) is 0.144. The van der Waals surface area contributed by atoms with E-state index in [1.807, 2.05) is 6.07 Å². The number of hydrogen-bond acceptors (Lipinski definition) is 4. The Hall–Kier alpha value is -1.63. The van der Waals surface area contributed by atoms with Crippen molar-refractivity contribution in [3.63, 3.8) is 0 Å². The topological polar surface area (TPSA) is 68.5 Å². The van der Waals surface area contributed by atoms with Crippen molar-refractivity contribution in [3.05, 3.63) is 23.1 Å². The molecule has 0 aromatic carbocycles. The van der Waals surface area contributed by atoms with E-state index < -0.39 is 11.7 Å². The summed E-state index contributed by atoms with van der Waals surface area (Å²) >= 11 is 3.34. The molecule has 0 bridgehead atoms. The molecule has 1 N–H and O–H groups in total. The van der Waals surface area contributed by atoms with Gasteiger partial charge in [0.1, 0.15) is 22.0 Å². The average molecular weight is 313 g/mol. The van der Waals surface area contributed by atoms with Crippen molar-refractivity contribution in [2.24, 2.45) is 0 Å². The van der Waals surface area contributed by atoms with Gasteiger partial charge in [0, 0.05) is 0 Å². The van der Waals surface area contributed by atoms with Crippen LogP contribution in [0.3, 0.4) is 0 Å². The van der Waals surface area contributed by atoms with Gasteiger partial charge in [0.2, 0.25) is 0 Å². The van der Waals surface area contributed by atoms with Crippen LogP contribution in [-0.4, -0.2) is 26.3 Å². The van der Waals surface area contributed by atoms with Gasteiger partial charge in [-0.15, -0.1) is 0 Å². The van der Waals surface area contributed by atoms with Gasteiger partial charge in [0.05, 0.1) is 0 Å². The first-order valence-electron chi connectivity index (χ1n) is 5.35. The first-order valence-corrected chi connectivity index (χ1v) is 6.14. The predicted molar refractivity (Wildman–Crippen MR) is 70.5 cm³/mol. The van der Waals surface area contributed by atoms with Gasteiger partial charge >= 0.3 is 6.09 Å². The Morgan fingerprint density at radius 2 is 2.17 bits per heavy atom. The maximum absolute atomic E-state index is 11.7. The monoisotopic (exact) mass is 312 g/mol. The van der Waals surface area contributed by atoms with Crippen LogP contribution >= 0.6 is 15.9 Å². The van der Waals surface area contributed by atoms with E-state index in [2.05, 4.69) is 31.3 Å². The number of amides is 1. The molecule has 2 aromatic heterocycles. The Morgan fingerprint density at radius 1 is 1.44 bits per heavy atom. The molecule has 0 aliphatic carbocycles. The SMILES string of the molecule is CC(C)(C)OC(=O)Nc1ncnn2c(Br)ccc12. The highest BCUT2D eigenvalue weighted by molar-refractivity contribution is 9.10. The number of carbonyl (C=O) groups excluding carboxylic acids is 1. The number of aromatic nitrogens is 3. The van der Waals surface area contributed by atoms with Gasteiger partial charge in [-0.3, -0.25) is 5.32 Å². The van der Waals surface area contributed by atoms with Crippen LogP contribution in [-0.2, 0) is 4.74 Å². The standard InChI is InChI=1S/C11H13BrN4O2/c1-11(2,3)18-10(17)15-9-7-4-5-8(12)16(7)14-6-13-9/h4-6H,1-3H3,(H,13,14,15,17). The molecule has 0 radical (unpaired) electrons. The summed E-state index contributed by atoms with van der Waals surface area (Å²) in [5, 5.41) is 6.65. The van der Waals surface area contributed by atoms with Crippen LogP contribution in [0.15, 0.2) is 23.1 Å². The molecule has 2 heterocycles. The number of nitrogens with zero attached hydrogens (tertiary/aromatic N) is 3. The molecule has 2 aromatic rings. The lowest BCUT2D eigenvalue weighted by atomic mass is 10.2. The quantitative estimate of drug-likeness (QED) is 0.879. The molecular weight excluding hydrogens is 300 g/mol. The minimum Gasteiger partial charge on any atom is -0.444 e. The Kier molecular flexibility index (Phi) is 3.25. The molecule has 0 fully saturated rings. The summed E-state index contributed by atoms with van der Waals surface area (Å²) < 4.78 is 7.58. The lowest BCUT2D eigenvalue weighted by molar-refractivity contribution is 0.0635. The number of fused-ring (bicyclic) bond motifs is 1. The van der Waals surface area contributed by atoms with Crippen LogP contribution < -0.4 is 5.32 Å². The van der Waals surface area contributed by atoms with E-state index >= 15 is 0 Å². The van der Waals surface area contributed by atoms with Crippen LogP contribution in [0.5, 0.6) is 0 Å². The molecule has 6 nitrogen and oxygen atoms in total. The van der Waals surface area contributed by atoms with E-state index in [-0.39, 0.29) is 0 Å². The van der Waals surface area contributed by atoms with Gasteiger partial charge in [0.15, 0.2) is 5.82 Å². The Morgan fingerprint density at radius 3 is 2.83 bits per heavy atom. The minimum atomic E-state index is -0.546. The van der Waals surface area contributed by atoms with E-state index in [4.69, 9.17) is 4.74 Å². The second-order valence-corrected chi connectivity index (χ2v) is 5.50. The summed E-state index contributed by atoms with van der Waals surface area (Å²) in [6.45, 7) is 5.40. The fourth-order valence-electron chi connectivity index (χ4n) is 1.40. The third-order valence-electron chi connectivity index (χ3n) is 2.03. The maximum atomic E-state index is 11.7. The van der Waals surface area contributed by atoms with Gasteiger partial charge < -0.3 is 4.74 Å². The number of halogens is 1. The van der Waals surface area contributed by atoms with Gasteiger partial charge in [-0.05, 0) is 48.8 Å². The summed E-state index contributed by atoms with van der Waals surface area (Å²) in [5.74, 6) is 0.407. The van der Waals surface area contributed by atoms with Crippen LogP contribution in [0.4, 0.5) is 10.6 Å². The number of ether oxygens (including phenoxy) is 1. The molecule has 0 saturated carbocycles. The predicted octanol–water partition coefficient (Wildman–Crippen LogP) is 2.84. The largest absolute Gasteiger partial charge is 0.444 e. The van der Waals surface area contributed by atoms with Gasteiger partial charge in [-0.25, -0.2) is 14.3 Å². The average Bonchev–Trinajstić information content (AvgIpc) is 2.59. The zero-order valence-electron chi connectivity index (χ0n) is 10.3. The summed E-state index contributed by atoms with van der Waals surface area (Å²) in [7, 11) is 0. The van der Waals surface area contributed by atoms with E-state index in [0.717, 1.165) is 4.60 Å².